The molecular weight excluding hydrogens is 436 g/mol. The van der Waals surface area contributed by atoms with Crippen LogP contribution >= 0.6 is 0 Å². The Kier molecular flexibility index (Phi) is 8.73. The van der Waals surface area contributed by atoms with Crippen LogP contribution in [0.4, 0.5) is 15.3 Å². The SMILES string of the molecule is Cc1cc(CN2CCN(C(=O)OC(C)C)[C@@H](C)C2)c(C)c(NC(=O)NNC[C@@H]2CNC(=O)C2)c1. The molecule has 0 radical (unpaired) electrons. The van der Waals surface area contributed by atoms with Crippen molar-refractivity contribution in [2.45, 2.75) is 59.7 Å². The molecule has 188 valence electrons. The molecule has 2 aliphatic rings. The van der Waals surface area contributed by atoms with Gasteiger partial charge in [-0.1, -0.05) is 6.07 Å². The van der Waals surface area contributed by atoms with Crippen molar-refractivity contribution in [3.63, 3.8) is 0 Å². The summed E-state index contributed by atoms with van der Waals surface area (Å²) in [7, 11) is 0. The first-order valence-electron chi connectivity index (χ1n) is 12.0. The van der Waals surface area contributed by atoms with Crippen molar-refractivity contribution < 1.29 is 19.1 Å². The number of rotatable bonds is 7. The fourth-order valence-electron chi connectivity index (χ4n) is 4.42. The van der Waals surface area contributed by atoms with E-state index >= 15 is 0 Å². The molecule has 2 heterocycles. The second-order valence-corrected chi connectivity index (χ2v) is 9.64. The highest BCUT2D eigenvalue weighted by Crippen LogP contribution is 2.24. The van der Waals surface area contributed by atoms with Crippen LogP contribution in [0.3, 0.4) is 0 Å². The van der Waals surface area contributed by atoms with E-state index in [1.54, 1.807) is 4.90 Å². The predicted octanol–water partition coefficient (Wildman–Crippen LogP) is 2.12. The van der Waals surface area contributed by atoms with Gasteiger partial charge in [-0.25, -0.2) is 15.0 Å². The second kappa shape index (κ2) is 11.5. The number of hydrogen-bond donors (Lipinski definition) is 4. The van der Waals surface area contributed by atoms with Crippen molar-refractivity contribution in [1.29, 1.82) is 0 Å². The monoisotopic (exact) mass is 474 g/mol. The fourth-order valence-corrected chi connectivity index (χ4v) is 4.42. The van der Waals surface area contributed by atoms with Gasteiger partial charge in [-0.2, -0.15) is 0 Å². The lowest BCUT2D eigenvalue weighted by atomic mass is 10.0. The first-order valence-corrected chi connectivity index (χ1v) is 12.0. The van der Waals surface area contributed by atoms with Crippen LogP contribution in [0.25, 0.3) is 0 Å². The van der Waals surface area contributed by atoms with Crippen molar-refractivity contribution in [2.75, 3.05) is 38.0 Å². The van der Waals surface area contributed by atoms with E-state index in [1.807, 2.05) is 40.7 Å². The number of nitrogens with zero attached hydrogens (tertiary/aromatic N) is 2. The highest BCUT2D eigenvalue weighted by Gasteiger charge is 2.29. The minimum atomic E-state index is -0.345. The van der Waals surface area contributed by atoms with Gasteiger partial charge in [0.25, 0.3) is 0 Å². The number of anilines is 1. The molecule has 0 saturated carbocycles. The van der Waals surface area contributed by atoms with Gasteiger partial charge in [-0.3, -0.25) is 15.1 Å². The average molecular weight is 475 g/mol. The molecule has 10 heteroatoms. The zero-order chi connectivity index (χ0) is 24.8. The van der Waals surface area contributed by atoms with Crippen LogP contribution in [0, 0.1) is 19.8 Å². The van der Waals surface area contributed by atoms with Gasteiger partial charge >= 0.3 is 12.1 Å². The van der Waals surface area contributed by atoms with Crippen LogP contribution in [0.15, 0.2) is 12.1 Å². The van der Waals surface area contributed by atoms with E-state index in [0.29, 0.717) is 26.1 Å². The summed E-state index contributed by atoms with van der Waals surface area (Å²) in [4.78, 5) is 40.1. The number of carbonyl (C=O) groups excluding carboxylic acids is 3. The number of nitrogens with one attached hydrogen (secondary N) is 4. The molecule has 2 saturated heterocycles. The summed E-state index contributed by atoms with van der Waals surface area (Å²) < 4.78 is 5.36. The molecule has 34 heavy (non-hydrogen) atoms. The second-order valence-electron chi connectivity index (χ2n) is 9.64. The minimum absolute atomic E-state index is 0.0467. The number of aryl methyl sites for hydroxylation is 1. The number of amides is 4. The van der Waals surface area contributed by atoms with Crippen LogP contribution in [-0.2, 0) is 16.1 Å². The van der Waals surface area contributed by atoms with Gasteiger partial charge in [-0.15, -0.1) is 0 Å². The summed E-state index contributed by atoms with van der Waals surface area (Å²) in [5.74, 6) is 0.223. The van der Waals surface area contributed by atoms with E-state index in [1.165, 1.54) is 0 Å². The number of piperazine rings is 1. The van der Waals surface area contributed by atoms with Crippen LogP contribution in [0.2, 0.25) is 0 Å². The lowest BCUT2D eigenvalue weighted by Crippen LogP contribution is -2.54. The van der Waals surface area contributed by atoms with Crippen molar-refractivity contribution >= 4 is 23.7 Å². The molecule has 2 atom stereocenters. The summed E-state index contributed by atoms with van der Waals surface area (Å²) in [6, 6.07) is 3.82. The van der Waals surface area contributed by atoms with Crippen LogP contribution in [-0.4, -0.2) is 72.7 Å². The molecule has 0 unspecified atom stereocenters. The zero-order valence-corrected chi connectivity index (χ0v) is 20.9. The molecule has 1 aromatic carbocycles. The molecule has 4 N–H and O–H groups in total. The maximum absolute atomic E-state index is 12.4. The number of carbonyl (C=O) groups is 3. The number of hydrogen-bond acceptors (Lipinski definition) is 6. The highest BCUT2D eigenvalue weighted by molar-refractivity contribution is 5.90. The molecule has 1 aromatic rings. The van der Waals surface area contributed by atoms with Gasteiger partial charge in [0.2, 0.25) is 5.91 Å². The first-order chi connectivity index (χ1) is 16.1. The van der Waals surface area contributed by atoms with Crippen molar-refractivity contribution in [3.8, 4) is 0 Å². The smallest absolute Gasteiger partial charge is 0.410 e. The van der Waals surface area contributed by atoms with Crippen LogP contribution in [0.1, 0.15) is 43.9 Å². The van der Waals surface area contributed by atoms with Gasteiger partial charge in [0.15, 0.2) is 0 Å². The van der Waals surface area contributed by atoms with Gasteiger partial charge in [-0.05, 0) is 63.3 Å². The lowest BCUT2D eigenvalue weighted by Gasteiger charge is -2.39. The topological polar surface area (TPSA) is 115 Å². The standard InChI is InChI=1S/C24H38N6O4/c1-15(2)34-24(33)30-7-6-29(13-17(30)4)14-20-8-16(3)9-21(18(20)5)27-23(32)28-26-12-19-10-22(31)25-11-19/h8-9,15,17,19,26H,6-7,10-14H2,1-5H3,(H,25,31)(H2,27,28,32)/t17-,19-/m0/s1. The average Bonchev–Trinajstić information content (AvgIpc) is 3.16. The number of ether oxygens (including phenoxy) is 1. The zero-order valence-electron chi connectivity index (χ0n) is 20.9. The van der Waals surface area contributed by atoms with Gasteiger partial charge in [0, 0.05) is 57.4 Å². The largest absolute Gasteiger partial charge is 0.447 e. The molecular formula is C24H38N6O4. The van der Waals surface area contributed by atoms with Gasteiger partial charge < -0.3 is 20.3 Å². The van der Waals surface area contributed by atoms with Crippen molar-refractivity contribution in [1.82, 2.24) is 26.0 Å². The Labute approximate surface area is 201 Å². The summed E-state index contributed by atoms with van der Waals surface area (Å²) in [6.07, 6.45) is 0.0910. The third-order valence-electron chi connectivity index (χ3n) is 6.24. The third kappa shape index (κ3) is 7.07. The Balaban J connectivity index is 1.54. The van der Waals surface area contributed by atoms with E-state index in [9.17, 15) is 14.4 Å². The Morgan fingerprint density at radius 1 is 1.24 bits per heavy atom. The quantitative estimate of drug-likeness (QED) is 0.450. The molecule has 0 aromatic heterocycles. The Bertz CT molecular complexity index is 906. The normalized spacial score (nSPS) is 20.9. The first kappa shape index (κ1) is 25.8. The Morgan fingerprint density at radius 3 is 2.65 bits per heavy atom. The molecule has 0 spiro atoms. The lowest BCUT2D eigenvalue weighted by molar-refractivity contribution is -0.119. The van der Waals surface area contributed by atoms with E-state index in [0.717, 1.165) is 42.0 Å². The van der Waals surface area contributed by atoms with E-state index in [-0.39, 0.29) is 36.1 Å². The highest BCUT2D eigenvalue weighted by atomic mass is 16.6. The van der Waals surface area contributed by atoms with Gasteiger partial charge in [0.05, 0.1) is 6.10 Å². The maximum atomic E-state index is 12.4. The van der Waals surface area contributed by atoms with Crippen LogP contribution in [0.5, 0.6) is 0 Å². The Hall–Kier alpha value is -2.85. The molecule has 10 nitrogen and oxygen atoms in total. The number of urea groups is 1. The molecule has 4 amide bonds. The van der Waals surface area contributed by atoms with E-state index in [2.05, 4.69) is 32.5 Å². The molecule has 0 aliphatic carbocycles. The minimum Gasteiger partial charge on any atom is -0.447 e. The summed E-state index contributed by atoms with van der Waals surface area (Å²) in [6.45, 7) is 13.8. The summed E-state index contributed by atoms with van der Waals surface area (Å²) in [5.41, 5.74) is 9.55. The summed E-state index contributed by atoms with van der Waals surface area (Å²) in [5, 5.41) is 5.71. The molecule has 2 fully saturated rings. The van der Waals surface area contributed by atoms with Crippen molar-refractivity contribution in [2.24, 2.45) is 5.92 Å². The maximum Gasteiger partial charge on any atom is 0.410 e. The van der Waals surface area contributed by atoms with Gasteiger partial charge in [0.1, 0.15) is 0 Å². The van der Waals surface area contributed by atoms with E-state index in [4.69, 9.17) is 4.74 Å². The third-order valence-corrected chi connectivity index (χ3v) is 6.24. The molecule has 2 aliphatic heterocycles. The molecule has 3 rings (SSSR count). The van der Waals surface area contributed by atoms with Crippen LogP contribution < -0.4 is 21.5 Å². The van der Waals surface area contributed by atoms with Crippen molar-refractivity contribution in [3.05, 3.63) is 28.8 Å². The number of hydrazine groups is 1. The predicted molar refractivity (Wildman–Crippen MR) is 130 cm³/mol. The fraction of sp³-hybridized carbons (Fsp3) is 0.625. The number of benzene rings is 1. The summed E-state index contributed by atoms with van der Waals surface area (Å²) >= 11 is 0. The Morgan fingerprint density at radius 2 is 2.00 bits per heavy atom. The van der Waals surface area contributed by atoms with E-state index < -0.39 is 0 Å². The molecule has 0 bridgehead atoms.